The fraction of sp³-hybridized carbons (Fsp3) is 0.263. The number of hydrogen-bond acceptors (Lipinski definition) is 3. The van der Waals surface area contributed by atoms with Gasteiger partial charge in [-0.25, -0.2) is 18.5 Å². The number of halogens is 5. The largest absolute Gasteiger partial charge is 0.416 e. The number of aliphatic imine (C=N–C) groups is 1. The van der Waals surface area contributed by atoms with Crippen LogP contribution in [0.2, 0.25) is 0 Å². The van der Waals surface area contributed by atoms with Crippen molar-refractivity contribution in [3.63, 3.8) is 0 Å². The van der Waals surface area contributed by atoms with Crippen molar-refractivity contribution >= 4 is 34.3 Å². The van der Waals surface area contributed by atoms with Gasteiger partial charge in [0.2, 0.25) is 0 Å². The molecule has 1 aliphatic rings. The van der Waals surface area contributed by atoms with Crippen LogP contribution in [0.25, 0.3) is 0 Å². The maximum Gasteiger partial charge on any atom is 0.416 e. The van der Waals surface area contributed by atoms with Crippen molar-refractivity contribution in [3.05, 3.63) is 59.7 Å². The van der Waals surface area contributed by atoms with Crippen LogP contribution in [0.5, 0.6) is 0 Å². The zero-order valence-electron chi connectivity index (χ0n) is 15.3. The number of amides is 2. The van der Waals surface area contributed by atoms with Gasteiger partial charge in [0.1, 0.15) is 0 Å². The van der Waals surface area contributed by atoms with E-state index in [-0.39, 0.29) is 21.3 Å². The van der Waals surface area contributed by atoms with Gasteiger partial charge in [0.15, 0.2) is 16.8 Å². The Morgan fingerprint density at radius 2 is 1.86 bits per heavy atom. The van der Waals surface area contributed by atoms with E-state index in [2.05, 4.69) is 10.3 Å². The first-order chi connectivity index (χ1) is 13.5. The molecule has 0 spiro atoms. The van der Waals surface area contributed by atoms with E-state index >= 15 is 0 Å². The highest BCUT2D eigenvalue weighted by Crippen LogP contribution is 2.36. The molecule has 0 saturated heterocycles. The van der Waals surface area contributed by atoms with E-state index in [1.165, 1.54) is 23.9 Å². The molecule has 29 heavy (non-hydrogen) atoms. The van der Waals surface area contributed by atoms with Crippen LogP contribution in [0.3, 0.4) is 0 Å². The lowest BCUT2D eigenvalue weighted by molar-refractivity contribution is -0.137. The number of alkyl halides is 3. The number of rotatable bonds is 2. The van der Waals surface area contributed by atoms with Gasteiger partial charge in [-0.05, 0) is 44.2 Å². The average Bonchev–Trinajstić information content (AvgIpc) is 2.97. The second-order valence-corrected chi connectivity index (χ2v) is 8.58. The van der Waals surface area contributed by atoms with Crippen LogP contribution in [0.4, 0.5) is 38.1 Å². The molecule has 2 amide bonds. The zero-order chi connectivity index (χ0) is 21.4. The van der Waals surface area contributed by atoms with Crippen LogP contribution in [0.15, 0.2) is 47.5 Å². The number of amidine groups is 1. The molecule has 2 aromatic rings. The summed E-state index contributed by atoms with van der Waals surface area (Å²) in [6.07, 6.45) is -4.57. The summed E-state index contributed by atoms with van der Waals surface area (Å²) in [4.78, 5) is 18.2. The molecule has 3 rings (SSSR count). The van der Waals surface area contributed by atoms with E-state index < -0.39 is 29.4 Å². The molecular formula is C19H16F5N3OS. The van der Waals surface area contributed by atoms with Crippen molar-refractivity contribution in [1.82, 2.24) is 0 Å². The molecule has 0 fully saturated rings. The second-order valence-electron chi connectivity index (χ2n) is 6.90. The first-order valence-electron chi connectivity index (χ1n) is 8.43. The third kappa shape index (κ3) is 4.87. The van der Waals surface area contributed by atoms with E-state index in [9.17, 15) is 26.7 Å². The minimum atomic E-state index is -4.57. The van der Waals surface area contributed by atoms with Gasteiger partial charge < -0.3 is 5.32 Å². The van der Waals surface area contributed by atoms with Crippen molar-refractivity contribution < 1.29 is 26.7 Å². The lowest BCUT2D eigenvalue weighted by Gasteiger charge is -2.24. The van der Waals surface area contributed by atoms with E-state index in [4.69, 9.17) is 0 Å². The van der Waals surface area contributed by atoms with Crippen molar-refractivity contribution in [2.24, 2.45) is 4.99 Å². The lowest BCUT2D eigenvalue weighted by Crippen LogP contribution is -2.39. The Labute approximate surface area is 167 Å². The van der Waals surface area contributed by atoms with Crippen LogP contribution >= 0.6 is 11.8 Å². The van der Waals surface area contributed by atoms with Crippen molar-refractivity contribution in [2.75, 3.05) is 16.8 Å². The summed E-state index contributed by atoms with van der Waals surface area (Å²) in [5, 5.41) is 2.60. The molecule has 0 saturated carbocycles. The fourth-order valence-corrected chi connectivity index (χ4v) is 3.61. The normalized spacial score (nSPS) is 15.8. The Hall–Kier alpha value is -2.62. The minimum Gasteiger partial charge on any atom is -0.307 e. The van der Waals surface area contributed by atoms with Gasteiger partial charge in [-0.2, -0.15) is 13.2 Å². The summed E-state index contributed by atoms with van der Waals surface area (Å²) in [7, 11) is 0. The molecule has 2 aromatic carbocycles. The standard InChI is InChI=1S/C19H16F5N3OS/c1-18(2)10-25-17(29-18)27(13-6-7-14(20)15(21)9-13)16(28)26-12-5-3-4-11(8-12)19(22,23)24/h3-9H,10H2,1-2H3,(H,26,28). The maximum absolute atomic E-state index is 13.7. The molecule has 154 valence electrons. The monoisotopic (exact) mass is 429 g/mol. The van der Waals surface area contributed by atoms with Gasteiger partial charge in [-0.3, -0.25) is 4.99 Å². The number of urea groups is 1. The molecule has 1 N–H and O–H groups in total. The molecule has 0 radical (unpaired) electrons. The third-order valence-electron chi connectivity index (χ3n) is 3.96. The van der Waals surface area contributed by atoms with Crippen molar-refractivity contribution in [1.29, 1.82) is 0 Å². The Kier molecular flexibility index (Phi) is 5.57. The van der Waals surface area contributed by atoms with E-state index in [1.54, 1.807) is 0 Å². The Morgan fingerprint density at radius 1 is 1.14 bits per heavy atom. The second kappa shape index (κ2) is 7.66. The van der Waals surface area contributed by atoms with Gasteiger partial charge >= 0.3 is 12.2 Å². The number of thioether (sulfide) groups is 1. The summed E-state index contributed by atoms with van der Waals surface area (Å²) in [6, 6.07) is 6.15. The molecule has 0 aliphatic carbocycles. The summed E-state index contributed by atoms with van der Waals surface area (Å²) >= 11 is 1.25. The highest BCUT2D eigenvalue weighted by atomic mass is 32.2. The van der Waals surface area contributed by atoms with Gasteiger partial charge in [0, 0.05) is 16.5 Å². The SMILES string of the molecule is CC1(C)CN=C(N(C(=O)Nc2cccc(C(F)(F)F)c2)c2ccc(F)c(F)c2)S1. The van der Waals surface area contributed by atoms with Crippen molar-refractivity contribution in [2.45, 2.75) is 24.8 Å². The van der Waals surface area contributed by atoms with Crippen LogP contribution < -0.4 is 10.2 Å². The third-order valence-corrected chi connectivity index (χ3v) is 5.14. The molecule has 0 aromatic heterocycles. The Bertz CT molecular complexity index is 975. The predicted molar refractivity (Wildman–Crippen MR) is 103 cm³/mol. The number of nitrogens with one attached hydrogen (secondary N) is 1. The van der Waals surface area contributed by atoms with Crippen LogP contribution in [-0.4, -0.2) is 22.5 Å². The Balaban J connectivity index is 1.94. The average molecular weight is 429 g/mol. The summed E-state index contributed by atoms with van der Waals surface area (Å²) in [5.41, 5.74) is -1.03. The summed E-state index contributed by atoms with van der Waals surface area (Å²) in [6.45, 7) is 4.16. The zero-order valence-corrected chi connectivity index (χ0v) is 16.2. The molecular weight excluding hydrogens is 413 g/mol. The van der Waals surface area contributed by atoms with Crippen LogP contribution in [0.1, 0.15) is 19.4 Å². The topological polar surface area (TPSA) is 44.7 Å². The molecule has 1 aliphatic heterocycles. The quantitative estimate of drug-likeness (QED) is 0.604. The lowest BCUT2D eigenvalue weighted by atomic mass is 10.2. The first-order valence-corrected chi connectivity index (χ1v) is 9.25. The molecule has 4 nitrogen and oxygen atoms in total. The van der Waals surface area contributed by atoms with Crippen molar-refractivity contribution in [3.8, 4) is 0 Å². The molecule has 0 atom stereocenters. The highest BCUT2D eigenvalue weighted by Gasteiger charge is 2.35. The number of carbonyl (C=O) groups excluding carboxylic acids is 1. The van der Waals surface area contributed by atoms with Gasteiger partial charge in [-0.15, -0.1) is 0 Å². The first kappa shape index (κ1) is 21.1. The fourth-order valence-electron chi connectivity index (χ4n) is 2.58. The minimum absolute atomic E-state index is 0.00248. The highest BCUT2D eigenvalue weighted by molar-refractivity contribution is 8.15. The summed E-state index contributed by atoms with van der Waals surface area (Å²) < 4.78 is 65.5. The molecule has 0 unspecified atom stereocenters. The molecule has 10 heteroatoms. The number of nitrogens with zero attached hydrogens (tertiary/aromatic N) is 2. The molecule has 0 bridgehead atoms. The van der Waals surface area contributed by atoms with Gasteiger partial charge in [0.25, 0.3) is 0 Å². The number of benzene rings is 2. The van der Waals surface area contributed by atoms with Gasteiger partial charge in [-0.1, -0.05) is 17.8 Å². The predicted octanol–water partition coefficient (Wildman–Crippen LogP) is 5.90. The Morgan fingerprint density at radius 3 is 2.45 bits per heavy atom. The number of anilines is 2. The summed E-state index contributed by atoms with van der Waals surface area (Å²) in [5.74, 6) is -2.25. The van der Waals surface area contributed by atoms with E-state index in [1.807, 2.05) is 13.8 Å². The van der Waals surface area contributed by atoms with E-state index in [0.29, 0.717) is 6.54 Å². The maximum atomic E-state index is 13.7. The number of hydrogen-bond donors (Lipinski definition) is 1. The van der Waals surface area contributed by atoms with Crippen LogP contribution in [0, 0.1) is 11.6 Å². The van der Waals surface area contributed by atoms with Crippen LogP contribution in [-0.2, 0) is 6.18 Å². The van der Waals surface area contributed by atoms with Gasteiger partial charge in [0.05, 0.1) is 17.8 Å². The number of carbonyl (C=O) groups is 1. The molecule has 1 heterocycles. The van der Waals surface area contributed by atoms with E-state index in [0.717, 1.165) is 35.2 Å². The smallest absolute Gasteiger partial charge is 0.307 e.